The lowest BCUT2D eigenvalue weighted by atomic mass is 10.2. The van der Waals surface area contributed by atoms with Gasteiger partial charge in [0.15, 0.2) is 0 Å². The Morgan fingerprint density at radius 2 is 1.72 bits per heavy atom. The Labute approximate surface area is 170 Å². The van der Waals surface area contributed by atoms with E-state index in [1.165, 1.54) is 7.11 Å². The number of rotatable bonds is 11. The van der Waals surface area contributed by atoms with Crippen molar-refractivity contribution in [2.24, 2.45) is 0 Å². The number of amides is 2. The van der Waals surface area contributed by atoms with Gasteiger partial charge in [0.25, 0.3) is 5.91 Å². The molecule has 29 heavy (non-hydrogen) atoms. The van der Waals surface area contributed by atoms with E-state index in [2.05, 4.69) is 16.0 Å². The van der Waals surface area contributed by atoms with E-state index in [-0.39, 0.29) is 18.4 Å². The van der Waals surface area contributed by atoms with Gasteiger partial charge in [-0.2, -0.15) is 0 Å². The van der Waals surface area contributed by atoms with Gasteiger partial charge in [-0.15, -0.1) is 0 Å². The zero-order valence-electron chi connectivity index (χ0n) is 16.9. The first kappa shape index (κ1) is 22.0. The number of carbonyl (C=O) groups is 2. The molecule has 0 bridgehead atoms. The fourth-order valence-corrected chi connectivity index (χ4v) is 2.55. The minimum absolute atomic E-state index is 0.0585. The van der Waals surface area contributed by atoms with Gasteiger partial charge in [-0.3, -0.25) is 9.59 Å². The molecule has 2 aromatic rings. The lowest BCUT2D eigenvalue weighted by molar-refractivity contribution is -0.114. The molecule has 2 amide bonds. The van der Waals surface area contributed by atoms with Gasteiger partial charge < -0.3 is 30.2 Å². The number of methoxy groups -OCH3 is 3. The van der Waals surface area contributed by atoms with Crippen LogP contribution in [-0.2, 0) is 9.53 Å². The highest BCUT2D eigenvalue weighted by Crippen LogP contribution is 2.28. The zero-order valence-corrected chi connectivity index (χ0v) is 16.9. The number of anilines is 2. The maximum atomic E-state index is 12.3. The second kappa shape index (κ2) is 11.6. The highest BCUT2D eigenvalue weighted by molar-refractivity contribution is 5.96. The Hall–Kier alpha value is -3.26. The summed E-state index contributed by atoms with van der Waals surface area (Å²) >= 11 is 0. The van der Waals surface area contributed by atoms with E-state index in [0.717, 1.165) is 12.1 Å². The van der Waals surface area contributed by atoms with Crippen molar-refractivity contribution in [3.63, 3.8) is 0 Å². The third-order valence-electron chi connectivity index (χ3n) is 4.09. The monoisotopic (exact) mass is 401 g/mol. The van der Waals surface area contributed by atoms with Crippen LogP contribution in [0.25, 0.3) is 0 Å². The average Bonchev–Trinajstić information content (AvgIpc) is 2.75. The molecule has 0 saturated carbocycles. The predicted molar refractivity (Wildman–Crippen MR) is 112 cm³/mol. The van der Waals surface area contributed by atoms with Gasteiger partial charge in [0.1, 0.15) is 11.5 Å². The third kappa shape index (κ3) is 7.00. The summed E-state index contributed by atoms with van der Waals surface area (Å²) in [4.78, 5) is 24.3. The quantitative estimate of drug-likeness (QED) is 0.501. The summed E-state index contributed by atoms with van der Waals surface area (Å²) in [5.41, 5.74) is 1.81. The average molecular weight is 401 g/mol. The third-order valence-corrected chi connectivity index (χ3v) is 4.09. The molecule has 0 unspecified atom stereocenters. The Balaban J connectivity index is 1.85. The van der Waals surface area contributed by atoms with Crippen molar-refractivity contribution in [1.29, 1.82) is 0 Å². The molecule has 0 fully saturated rings. The predicted octanol–water partition coefficient (Wildman–Crippen LogP) is 2.52. The smallest absolute Gasteiger partial charge is 0.251 e. The second-order valence-corrected chi connectivity index (χ2v) is 6.15. The van der Waals surface area contributed by atoms with E-state index in [1.807, 2.05) is 0 Å². The van der Waals surface area contributed by atoms with Crippen molar-refractivity contribution >= 4 is 23.2 Å². The van der Waals surface area contributed by atoms with E-state index >= 15 is 0 Å². The summed E-state index contributed by atoms with van der Waals surface area (Å²) in [5, 5.41) is 8.64. The van der Waals surface area contributed by atoms with Gasteiger partial charge in [0, 0.05) is 37.6 Å². The highest BCUT2D eigenvalue weighted by Gasteiger charge is 2.10. The van der Waals surface area contributed by atoms with Gasteiger partial charge in [-0.05, 0) is 42.8 Å². The zero-order chi connectivity index (χ0) is 21.1. The van der Waals surface area contributed by atoms with Crippen molar-refractivity contribution in [3.05, 3.63) is 48.0 Å². The molecule has 0 aliphatic rings. The minimum atomic E-state index is -0.239. The first-order valence-corrected chi connectivity index (χ1v) is 9.20. The van der Waals surface area contributed by atoms with E-state index in [9.17, 15) is 9.59 Å². The second-order valence-electron chi connectivity index (χ2n) is 6.15. The van der Waals surface area contributed by atoms with E-state index in [1.54, 1.807) is 56.7 Å². The Bertz CT molecular complexity index is 808. The van der Waals surface area contributed by atoms with Gasteiger partial charge in [0.2, 0.25) is 5.91 Å². The van der Waals surface area contributed by atoms with E-state index in [0.29, 0.717) is 35.9 Å². The topological polar surface area (TPSA) is 97.9 Å². The van der Waals surface area contributed by atoms with Crippen LogP contribution in [-0.4, -0.2) is 52.8 Å². The maximum absolute atomic E-state index is 12.3. The number of benzene rings is 2. The lowest BCUT2D eigenvalue weighted by Gasteiger charge is -2.12. The summed E-state index contributed by atoms with van der Waals surface area (Å²) in [5.74, 6) is 0.775. The first-order valence-electron chi connectivity index (χ1n) is 9.20. The minimum Gasteiger partial charge on any atom is -0.497 e. The maximum Gasteiger partial charge on any atom is 0.251 e. The fraction of sp³-hybridized carbons (Fsp3) is 0.333. The molecule has 0 spiro atoms. The normalized spacial score (nSPS) is 10.2. The highest BCUT2D eigenvalue weighted by atomic mass is 16.5. The van der Waals surface area contributed by atoms with Crippen LogP contribution < -0.4 is 25.4 Å². The van der Waals surface area contributed by atoms with Crippen LogP contribution in [0.4, 0.5) is 11.4 Å². The molecule has 0 aromatic heterocycles. The molecule has 0 saturated heterocycles. The van der Waals surface area contributed by atoms with Crippen LogP contribution in [0.2, 0.25) is 0 Å². The molecule has 0 atom stereocenters. The number of carbonyl (C=O) groups excluding carboxylic acids is 2. The van der Waals surface area contributed by atoms with E-state index in [4.69, 9.17) is 14.2 Å². The fourth-order valence-electron chi connectivity index (χ4n) is 2.55. The molecule has 0 radical (unpaired) electrons. The molecule has 3 N–H and O–H groups in total. The molecule has 8 heteroatoms. The Morgan fingerprint density at radius 3 is 2.38 bits per heavy atom. The summed E-state index contributed by atoms with van der Waals surface area (Å²) < 4.78 is 15.4. The van der Waals surface area contributed by atoms with Crippen molar-refractivity contribution in [3.8, 4) is 11.5 Å². The molecular weight excluding hydrogens is 374 g/mol. The van der Waals surface area contributed by atoms with Crippen LogP contribution >= 0.6 is 0 Å². The standard InChI is InChI=1S/C21H27N3O5/c1-27-12-4-11-22-21(26)15-5-7-16(8-6-15)23-14-20(25)24-18-13-17(28-2)9-10-19(18)29-3/h5-10,13,23H,4,11-12,14H2,1-3H3,(H,22,26)(H,24,25). The summed E-state index contributed by atoms with van der Waals surface area (Å²) in [7, 11) is 4.71. The number of hydrogen-bond donors (Lipinski definition) is 3. The van der Waals surface area contributed by atoms with Crippen molar-refractivity contribution < 1.29 is 23.8 Å². The lowest BCUT2D eigenvalue weighted by Crippen LogP contribution is -2.25. The Kier molecular flexibility index (Phi) is 8.78. The number of ether oxygens (including phenoxy) is 3. The van der Waals surface area contributed by atoms with Crippen LogP contribution in [0.5, 0.6) is 11.5 Å². The number of nitrogens with one attached hydrogen (secondary N) is 3. The molecule has 0 aliphatic carbocycles. The van der Waals surface area contributed by atoms with Crippen molar-refractivity contribution in [2.75, 3.05) is 51.7 Å². The van der Waals surface area contributed by atoms with Crippen molar-refractivity contribution in [2.45, 2.75) is 6.42 Å². The molecule has 2 aromatic carbocycles. The summed E-state index contributed by atoms with van der Waals surface area (Å²) in [6, 6.07) is 12.1. The van der Waals surface area contributed by atoms with Gasteiger partial charge in [-0.1, -0.05) is 0 Å². The van der Waals surface area contributed by atoms with Crippen LogP contribution in [0.1, 0.15) is 16.8 Å². The SMILES string of the molecule is COCCCNC(=O)c1ccc(NCC(=O)Nc2cc(OC)ccc2OC)cc1. The van der Waals surface area contributed by atoms with Gasteiger partial charge in [0.05, 0.1) is 26.5 Å². The summed E-state index contributed by atoms with van der Waals surface area (Å²) in [6.07, 6.45) is 0.759. The van der Waals surface area contributed by atoms with Gasteiger partial charge in [-0.25, -0.2) is 0 Å². The Morgan fingerprint density at radius 1 is 0.966 bits per heavy atom. The van der Waals surface area contributed by atoms with Crippen molar-refractivity contribution in [1.82, 2.24) is 5.32 Å². The van der Waals surface area contributed by atoms with Crippen LogP contribution in [0, 0.1) is 0 Å². The van der Waals surface area contributed by atoms with Crippen LogP contribution in [0.15, 0.2) is 42.5 Å². The molecular formula is C21H27N3O5. The number of hydrogen-bond acceptors (Lipinski definition) is 6. The molecule has 156 valence electrons. The molecule has 0 aliphatic heterocycles. The molecule has 0 heterocycles. The van der Waals surface area contributed by atoms with E-state index < -0.39 is 0 Å². The molecule has 2 rings (SSSR count). The van der Waals surface area contributed by atoms with Crippen LogP contribution in [0.3, 0.4) is 0 Å². The van der Waals surface area contributed by atoms with Gasteiger partial charge >= 0.3 is 0 Å². The first-order chi connectivity index (χ1) is 14.1. The largest absolute Gasteiger partial charge is 0.497 e. The molecule has 8 nitrogen and oxygen atoms in total. The summed E-state index contributed by atoms with van der Waals surface area (Å²) in [6.45, 7) is 1.22.